The number of amides is 1. The third-order valence-electron chi connectivity index (χ3n) is 3.32. The van der Waals surface area contributed by atoms with Gasteiger partial charge in [-0.05, 0) is 30.7 Å². The zero-order chi connectivity index (χ0) is 18.2. The van der Waals surface area contributed by atoms with E-state index in [4.69, 9.17) is 5.11 Å². The van der Waals surface area contributed by atoms with Crippen LogP contribution in [0.5, 0.6) is 0 Å². The Morgan fingerprint density at radius 3 is 2.48 bits per heavy atom. The molecule has 0 fully saturated rings. The summed E-state index contributed by atoms with van der Waals surface area (Å²) >= 11 is 1.14. The van der Waals surface area contributed by atoms with Crippen LogP contribution in [0.15, 0.2) is 36.4 Å². The van der Waals surface area contributed by atoms with Crippen molar-refractivity contribution in [2.75, 3.05) is 11.9 Å². The molecule has 132 valence electrons. The number of nitrogens with zero attached hydrogens (tertiary/aromatic N) is 1. The Labute approximate surface area is 147 Å². The summed E-state index contributed by atoms with van der Waals surface area (Å²) in [5.41, 5.74) is 0.787. The Hall–Kier alpha value is -2.94. The predicted octanol–water partition coefficient (Wildman–Crippen LogP) is 2.86. The molecule has 0 aliphatic carbocycles. The van der Waals surface area contributed by atoms with E-state index in [0.29, 0.717) is 25.9 Å². The molecule has 0 radical (unpaired) electrons. The summed E-state index contributed by atoms with van der Waals surface area (Å²) < 4.78 is 0. The van der Waals surface area contributed by atoms with Crippen molar-refractivity contribution in [2.24, 2.45) is 0 Å². The van der Waals surface area contributed by atoms with Crippen molar-refractivity contribution >= 4 is 34.6 Å². The first kappa shape index (κ1) is 18.4. The van der Waals surface area contributed by atoms with Crippen LogP contribution in [0.2, 0.25) is 0 Å². The Bertz CT molecular complexity index is 757. The van der Waals surface area contributed by atoms with Gasteiger partial charge in [0.25, 0.3) is 5.69 Å². The number of anilines is 1. The Morgan fingerprint density at radius 1 is 1.16 bits per heavy atom. The van der Waals surface area contributed by atoms with Gasteiger partial charge in [-0.15, -0.1) is 11.3 Å². The highest BCUT2D eigenvalue weighted by molar-refractivity contribution is 7.13. The SMILES string of the molecule is O=C(CCCNc1ccc([N+](=O)[O-])cc1)NCc1ccc(C(=O)O)s1. The van der Waals surface area contributed by atoms with Gasteiger partial charge < -0.3 is 15.7 Å². The molecular formula is C16H17N3O5S. The van der Waals surface area contributed by atoms with Crippen LogP contribution in [0.3, 0.4) is 0 Å². The predicted molar refractivity (Wildman–Crippen MR) is 93.9 cm³/mol. The van der Waals surface area contributed by atoms with E-state index in [9.17, 15) is 19.7 Å². The van der Waals surface area contributed by atoms with Crippen LogP contribution in [0, 0.1) is 10.1 Å². The molecule has 0 spiro atoms. The maximum absolute atomic E-state index is 11.8. The second kappa shape index (κ2) is 8.78. The molecule has 1 aromatic carbocycles. The van der Waals surface area contributed by atoms with Gasteiger partial charge in [0.2, 0.25) is 5.91 Å². The number of non-ortho nitro benzene ring substituents is 1. The molecule has 2 rings (SSSR count). The van der Waals surface area contributed by atoms with Crippen LogP contribution in [-0.2, 0) is 11.3 Å². The minimum Gasteiger partial charge on any atom is -0.477 e. The van der Waals surface area contributed by atoms with Crippen LogP contribution in [0.4, 0.5) is 11.4 Å². The van der Waals surface area contributed by atoms with E-state index in [-0.39, 0.29) is 16.5 Å². The summed E-state index contributed by atoms with van der Waals surface area (Å²) in [7, 11) is 0. The lowest BCUT2D eigenvalue weighted by Gasteiger charge is -2.06. The smallest absolute Gasteiger partial charge is 0.345 e. The number of nitro benzene ring substituents is 1. The molecule has 0 saturated heterocycles. The highest BCUT2D eigenvalue weighted by Gasteiger charge is 2.08. The Morgan fingerprint density at radius 2 is 1.88 bits per heavy atom. The number of thiophene rings is 1. The van der Waals surface area contributed by atoms with Gasteiger partial charge in [-0.25, -0.2) is 4.79 Å². The molecule has 3 N–H and O–H groups in total. The fourth-order valence-corrected chi connectivity index (χ4v) is 2.83. The van der Waals surface area contributed by atoms with E-state index in [2.05, 4.69) is 10.6 Å². The summed E-state index contributed by atoms with van der Waals surface area (Å²) in [6.45, 7) is 0.875. The average Bonchev–Trinajstić information content (AvgIpc) is 3.06. The number of benzene rings is 1. The summed E-state index contributed by atoms with van der Waals surface area (Å²) in [5.74, 6) is -1.09. The third kappa shape index (κ3) is 5.88. The summed E-state index contributed by atoms with van der Waals surface area (Å²) in [6.07, 6.45) is 0.935. The van der Waals surface area contributed by atoms with Gasteiger partial charge in [-0.3, -0.25) is 14.9 Å². The Balaban J connectivity index is 1.64. The van der Waals surface area contributed by atoms with Crippen LogP contribution < -0.4 is 10.6 Å². The topological polar surface area (TPSA) is 122 Å². The molecule has 1 aromatic heterocycles. The lowest BCUT2D eigenvalue weighted by molar-refractivity contribution is -0.384. The second-order valence-electron chi connectivity index (χ2n) is 5.18. The fourth-order valence-electron chi connectivity index (χ4n) is 2.04. The molecule has 0 atom stereocenters. The number of aromatic carboxylic acids is 1. The number of hydrogen-bond acceptors (Lipinski definition) is 6. The number of carboxylic acids is 1. The molecular weight excluding hydrogens is 346 g/mol. The van der Waals surface area contributed by atoms with Gasteiger partial charge in [0, 0.05) is 35.7 Å². The van der Waals surface area contributed by atoms with Crippen LogP contribution in [0.1, 0.15) is 27.4 Å². The summed E-state index contributed by atoms with van der Waals surface area (Å²) in [4.78, 5) is 33.7. The normalized spacial score (nSPS) is 10.2. The summed E-state index contributed by atoms with van der Waals surface area (Å²) in [5, 5.41) is 25.2. The Kier molecular flexibility index (Phi) is 6.47. The van der Waals surface area contributed by atoms with E-state index in [0.717, 1.165) is 21.9 Å². The maximum Gasteiger partial charge on any atom is 0.345 e. The second-order valence-corrected chi connectivity index (χ2v) is 6.35. The maximum atomic E-state index is 11.8. The summed E-state index contributed by atoms with van der Waals surface area (Å²) in [6, 6.07) is 9.28. The first-order valence-corrected chi connectivity index (χ1v) is 8.34. The molecule has 0 unspecified atom stereocenters. The highest BCUT2D eigenvalue weighted by Crippen LogP contribution is 2.16. The van der Waals surface area contributed by atoms with Crippen LogP contribution >= 0.6 is 11.3 Å². The number of carbonyl (C=O) groups is 2. The quantitative estimate of drug-likeness (QED) is 0.358. The third-order valence-corrected chi connectivity index (χ3v) is 4.39. The van der Waals surface area contributed by atoms with Crippen LogP contribution in [0.25, 0.3) is 0 Å². The van der Waals surface area contributed by atoms with Crippen molar-refractivity contribution < 1.29 is 19.6 Å². The van der Waals surface area contributed by atoms with Gasteiger partial charge in [-0.1, -0.05) is 0 Å². The van der Waals surface area contributed by atoms with Crippen molar-refractivity contribution in [1.29, 1.82) is 0 Å². The average molecular weight is 363 g/mol. The van der Waals surface area contributed by atoms with Gasteiger partial charge in [0.1, 0.15) is 4.88 Å². The molecule has 0 aliphatic heterocycles. The van der Waals surface area contributed by atoms with E-state index >= 15 is 0 Å². The van der Waals surface area contributed by atoms with Crippen molar-refractivity contribution in [3.05, 3.63) is 56.3 Å². The zero-order valence-corrected chi connectivity index (χ0v) is 14.0. The monoisotopic (exact) mass is 363 g/mol. The van der Waals surface area contributed by atoms with Crippen molar-refractivity contribution in [3.8, 4) is 0 Å². The molecule has 0 saturated carbocycles. The van der Waals surface area contributed by atoms with Crippen molar-refractivity contribution in [1.82, 2.24) is 5.32 Å². The molecule has 2 aromatic rings. The molecule has 1 heterocycles. The van der Waals surface area contributed by atoms with Gasteiger partial charge >= 0.3 is 5.97 Å². The van der Waals surface area contributed by atoms with E-state index < -0.39 is 10.9 Å². The molecule has 25 heavy (non-hydrogen) atoms. The number of nitro groups is 1. The van der Waals surface area contributed by atoms with Crippen molar-refractivity contribution in [2.45, 2.75) is 19.4 Å². The number of hydrogen-bond donors (Lipinski definition) is 3. The lowest BCUT2D eigenvalue weighted by Crippen LogP contribution is -2.22. The van der Waals surface area contributed by atoms with E-state index in [1.54, 1.807) is 18.2 Å². The number of carbonyl (C=O) groups excluding carboxylic acids is 1. The van der Waals surface area contributed by atoms with Crippen molar-refractivity contribution in [3.63, 3.8) is 0 Å². The molecule has 8 nitrogen and oxygen atoms in total. The lowest BCUT2D eigenvalue weighted by atomic mass is 10.2. The first-order chi connectivity index (χ1) is 12.0. The number of rotatable bonds is 9. The first-order valence-electron chi connectivity index (χ1n) is 7.53. The molecule has 1 amide bonds. The molecule has 9 heteroatoms. The molecule has 0 bridgehead atoms. The zero-order valence-electron chi connectivity index (χ0n) is 13.2. The van der Waals surface area contributed by atoms with Crippen LogP contribution in [-0.4, -0.2) is 28.5 Å². The number of carboxylic acid groups (broad SMARTS) is 1. The van der Waals surface area contributed by atoms with Gasteiger partial charge in [0.15, 0.2) is 0 Å². The highest BCUT2D eigenvalue weighted by atomic mass is 32.1. The van der Waals surface area contributed by atoms with E-state index in [1.807, 2.05) is 0 Å². The number of nitrogens with one attached hydrogen (secondary N) is 2. The minimum absolute atomic E-state index is 0.0320. The fraction of sp³-hybridized carbons (Fsp3) is 0.250. The standard InChI is InChI=1S/C16H17N3O5S/c20-15(18-10-13-7-8-14(25-13)16(21)22)2-1-9-17-11-3-5-12(6-4-11)19(23)24/h3-8,17H,1-2,9-10H2,(H,18,20)(H,21,22). The van der Waals surface area contributed by atoms with Gasteiger partial charge in [-0.2, -0.15) is 0 Å². The molecule has 0 aliphatic rings. The largest absolute Gasteiger partial charge is 0.477 e. The van der Waals surface area contributed by atoms with E-state index in [1.165, 1.54) is 18.2 Å². The van der Waals surface area contributed by atoms with Gasteiger partial charge in [0.05, 0.1) is 11.5 Å². The minimum atomic E-state index is -0.972.